The summed E-state index contributed by atoms with van der Waals surface area (Å²) in [4.78, 5) is 15.0. The van der Waals surface area contributed by atoms with Crippen LogP contribution in [-0.2, 0) is 4.84 Å². The van der Waals surface area contributed by atoms with Crippen molar-refractivity contribution in [2.45, 2.75) is 0 Å². The number of rotatable bonds is 5. The van der Waals surface area contributed by atoms with E-state index < -0.39 is 4.92 Å². The average Bonchev–Trinajstić information content (AvgIpc) is 2.26. The van der Waals surface area contributed by atoms with Crippen molar-refractivity contribution in [2.75, 3.05) is 25.3 Å². The average molecular weight is 212 g/mol. The number of hydrogen-bond donors (Lipinski definition) is 1. The highest BCUT2D eigenvalue weighted by molar-refractivity contribution is 5.48. The number of aliphatic hydroxyl groups is 1. The van der Waals surface area contributed by atoms with Gasteiger partial charge in [-0.1, -0.05) is 0 Å². The van der Waals surface area contributed by atoms with Gasteiger partial charge in [0, 0.05) is 19.2 Å². The predicted molar refractivity (Wildman–Crippen MR) is 54.5 cm³/mol. The summed E-state index contributed by atoms with van der Waals surface area (Å²) in [7, 11) is 1.66. The van der Waals surface area contributed by atoms with Gasteiger partial charge in [-0.15, -0.1) is 0 Å². The summed E-state index contributed by atoms with van der Waals surface area (Å²) in [6, 6.07) is 5.95. The molecule has 0 fully saturated rings. The highest BCUT2D eigenvalue weighted by Crippen LogP contribution is 2.18. The maximum absolute atomic E-state index is 10.4. The van der Waals surface area contributed by atoms with Gasteiger partial charge < -0.3 is 5.11 Å². The third-order valence-electron chi connectivity index (χ3n) is 1.80. The summed E-state index contributed by atoms with van der Waals surface area (Å²) < 4.78 is 0. The lowest BCUT2D eigenvalue weighted by molar-refractivity contribution is -0.384. The van der Waals surface area contributed by atoms with E-state index in [4.69, 9.17) is 9.94 Å². The number of nitrogens with zero attached hydrogens (tertiary/aromatic N) is 2. The Hall–Kier alpha value is -1.66. The molecule has 0 saturated heterocycles. The van der Waals surface area contributed by atoms with Gasteiger partial charge in [0.1, 0.15) is 0 Å². The molecule has 1 rings (SSSR count). The molecule has 0 heterocycles. The van der Waals surface area contributed by atoms with Gasteiger partial charge in [-0.05, 0) is 12.1 Å². The van der Waals surface area contributed by atoms with Crippen LogP contribution in [-0.4, -0.2) is 30.3 Å². The third-order valence-corrected chi connectivity index (χ3v) is 1.80. The second-order valence-electron chi connectivity index (χ2n) is 2.83. The van der Waals surface area contributed by atoms with Gasteiger partial charge in [-0.2, -0.15) is 0 Å². The van der Waals surface area contributed by atoms with Crippen LogP contribution >= 0.6 is 0 Å². The first-order chi connectivity index (χ1) is 7.15. The first-order valence-electron chi connectivity index (χ1n) is 4.37. The van der Waals surface area contributed by atoms with Crippen LogP contribution in [0.2, 0.25) is 0 Å². The lowest BCUT2D eigenvalue weighted by Gasteiger charge is -2.17. The minimum absolute atomic E-state index is 0.0364. The largest absolute Gasteiger partial charge is 0.394 e. The molecule has 1 N–H and O–H groups in total. The van der Waals surface area contributed by atoms with Crippen molar-refractivity contribution in [1.29, 1.82) is 0 Å². The number of nitro benzene ring substituents is 1. The zero-order chi connectivity index (χ0) is 11.3. The second-order valence-corrected chi connectivity index (χ2v) is 2.83. The minimum Gasteiger partial charge on any atom is -0.394 e. The summed E-state index contributed by atoms with van der Waals surface area (Å²) in [5.74, 6) is 0. The fourth-order valence-electron chi connectivity index (χ4n) is 1.04. The maximum Gasteiger partial charge on any atom is 0.269 e. The zero-order valence-electron chi connectivity index (χ0n) is 8.29. The zero-order valence-corrected chi connectivity index (χ0v) is 8.29. The minimum atomic E-state index is -0.460. The Kier molecular flexibility index (Phi) is 4.02. The molecule has 15 heavy (non-hydrogen) atoms. The van der Waals surface area contributed by atoms with E-state index >= 15 is 0 Å². The molecule has 0 atom stereocenters. The van der Waals surface area contributed by atoms with Gasteiger partial charge in [0.15, 0.2) is 0 Å². The van der Waals surface area contributed by atoms with Gasteiger partial charge >= 0.3 is 0 Å². The topological polar surface area (TPSA) is 75.8 Å². The first kappa shape index (κ1) is 11.4. The Morgan fingerprint density at radius 2 is 2.07 bits per heavy atom. The Labute approximate surface area is 86.8 Å². The Balaban J connectivity index is 2.66. The van der Waals surface area contributed by atoms with Gasteiger partial charge in [0.25, 0.3) is 5.69 Å². The molecule has 1 aromatic carbocycles. The molecule has 0 amide bonds. The summed E-state index contributed by atoms with van der Waals surface area (Å²) in [6.07, 6.45) is 0. The molecule has 0 radical (unpaired) electrons. The van der Waals surface area contributed by atoms with E-state index in [1.807, 2.05) is 0 Å². The number of nitro groups is 1. The molecule has 82 valence electrons. The summed E-state index contributed by atoms with van der Waals surface area (Å²) >= 11 is 0. The molecule has 0 spiro atoms. The summed E-state index contributed by atoms with van der Waals surface area (Å²) in [5, 5.41) is 20.4. The van der Waals surface area contributed by atoms with E-state index in [9.17, 15) is 10.1 Å². The SMILES string of the molecule is CN(OCCO)c1ccc([N+](=O)[O-])cc1. The number of hydroxylamine groups is 1. The number of non-ortho nitro benzene ring substituents is 1. The van der Waals surface area contributed by atoms with Gasteiger partial charge in [-0.3, -0.25) is 20.0 Å². The van der Waals surface area contributed by atoms with Crippen molar-refractivity contribution in [2.24, 2.45) is 0 Å². The van der Waals surface area contributed by atoms with E-state index in [0.29, 0.717) is 5.69 Å². The molecule has 0 saturated carbocycles. The van der Waals surface area contributed by atoms with E-state index in [1.54, 1.807) is 19.2 Å². The van der Waals surface area contributed by atoms with Crippen LogP contribution in [0.3, 0.4) is 0 Å². The smallest absolute Gasteiger partial charge is 0.269 e. The van der Waals surface area contributed by atoms with Gasteiger partial charge in [0.2, 0.25) is 0 Å². The molecule has 6 nitrogen and oxygen atoms in total. The number of hydrogen-bond acceptors (Lipinski definition) is 5. The van der Waals surface area contributed by atoms with Crippen molar-refractivity contribution in [1.82, 2.24) is 0 Å². The first-order valence-corrected chi connectivity index (χ1v) is 4.37. The number of benzene rings is 1. The normalized spacial score (nSPS) is 10.0. The highest BCUT2D eigenvalue weighted by atomic mass is 16.7. The Morgan fingerprint density at radius 3 is 2.53 bits per heavy atom. The molecule has 0 aromatic heterocycles. The van der Waals surface area contributed by atoms with Crippen molar-refractivity contribution >= 4 is 11.4 Å². The number of aliphatic hydroxyl groups excluding tert-OH is 1. The van der Waals surface area contributed by atoms with Crippen LogP contribution in [0.5, 0.6) is 0 Å². The molecule has 6 heteroatoms. The molecule has 0 aliphatic carbocycles. The van der Waals surface area contributed by atoms with Crippen LogP contribution in [0.25, 0.3) is 0 Å². The molecule has 0 aliphatic heterocycles. The van der Waals surface area contributed by atoms with Crippen LogP contribution in [0, 0.1) is 10.1 Å². The van der Waals surface area contributed by atoms with Crippen LogP contribution < -0.4 is 5.06 Å². The molecular weight excluding hydrogens is 200 g/mol. The van der Waals surface area contributed by atoms with E-state index in [-0.39, 0.29) is 18.9 Å². The molecular formula is C9H12N2O4. The van der Waals surface area contributed by atoms with Crippen LogP contribution in [0.15, 0.2) is 24.3 Å². The van der Waals surface area contributed by atoms with Gasteiger partial charge in [0.05, 0.1) is 23.8 Å². The molecule has 0 bridgehead atoms. The summed E-state index contributed by atoms with van der Waals surface area (Å²) in [5.41, 5.74) is 0.725. The van der Waals surface area contributed by atoms with Crippen molar-refractivity contribution in [3.8, 4) is 0 Å². The van der Waals surface area contributed by atoms with E-state index in [1.165, 1.54) is 17.2 Å². The third kappa shape index (κ3) is 3.19. The van der Waals surface area contributed by atoms with E-state index in [2.05, 4.69) is 0 Å². The van der Waals surface area contributed by atoms with Crippen molar-refractivity contribution < 1.29 is 14.9 Å². The quantitative estimate of drug-likeness (QED) is 0.581. The summed E-state index contributed by atoms with van der Waals surface area (Å²) in [6.45, 7) is 0.116. The van der Waals surface area contributed by atoms with Gasteiger partial charge in [-0.25, -0.2) is 0 Å². The lowest BCUT2D eigenvalue weighted by atomic mass is 10.3. The molecule has 1 aromatic rings. The fourth-order valence-corrected chi connectivity index (χ4v) is 1.04. The number of anilines is 1. The molecule has 0 unspecified atom stereocenters. The van der Waals surface area contributed by atoms with Crippen LogP contribution in [0.4, 0.5) is 11.4 Å². The van der Waals surface area contributed by atoms with Crippen molar-refractivity contribution in [3.63, 3.8) is 0 Å². The Bertz CT molecular complexity index is 325. The van der Waals surface area contributed by atoms with E-state index in [0.717, 1.165) is 0 Å². The lowest BCUT2D eigenvalue weighted by Crippen LogP contribution is -2.19. The maximum atomic E-state index is 10.4. The monoisotopic (exact) mass is 212 g/mol. The fraction of sp³-hybridized carbons (Fsp3) is 0.333. The predicted octanol–water partition coefficient (Wildman–Crippen LogP) is 0.955. The second kappa shape index (κ2) is 5.28. The van der Waals surface area contributed by atoms with Crippen LogP contribution in [0.1, 0.15) is 0 Å². The highest BCUT2D eigenvalue weighted by Gasteiger charge is 2.06. The van der Waals surface area contributed by atoms with Crippen molar-refractivity contribution in [3.05, 3.63) is 34.4 Å². The Morgan fingerprint density at radius 1 is 1.47 bits per heavy atom. The standard InChI is InChI=1S/C9H12N2O4/c1-10(15-7-6-12)8-2-4-9(5-3-8)11(13)14/h2-5,12H,6-7H2,1H3. The molecule has 0 aliphatic rings.